The monoisotopic (exact) mass is 571 g/mol. The van der Waals surface area contributed by atoms with Gasteiger partial charge in [-0.25, -0.2) is 0 Å². The van der Waals surface area contributed by atoms with Gasteiger partial charge in [0.2, 0.25) is 5.91 Å². The van der Waals surface area contributed by atoms with E-state index in [-0.39, 0.29) is 36.3 Å². The number of H-pyrrole nitrogens is 1. The number of rotatable bonds is 10. The molecule has 0 radical (unpaired) electrons. The largest absolute Gasteiger partial charge is 0.345 e. The van der Waals surface area contributed by atoms with Crippen molar-refractivity contribution in [2.75, 3.05) is 41.3 Å². The first-order chi connectivity index (χ1) is 20.1. The maximum Gasteiger partial charge on any atom is 0.253 e. The molecule has 0 spiro atoms. The second-order valence-electron chi connectivity index (χ2n) is 11.1. The Morgan fingerprint density at radius 2 is 1.57 bits per heavy atom. The number of nitrogens with one attached hydrogen (secondary N) is 2. The first-order valence-electron chi connectivity index (χ1n) is 13.9. The van der Waals surface area contributed by atoms with E-state index in [9.17, 15) is 19.6 Å². The molecular weight excluding hydrogens is 534 g/mol. The Balaban J connectivity index is 1.73. The minimum Gasteiger partial charge on any atom is -0.345 e. The number of carbonyl (C=O) groups excluding carboxylic acids is 3. The molecule has 2 aromatic carbocycles. The van der Waals surface area contributed by atoms with Crippen LogP contribution in [0, 0.1) is 11.3 Å². The molecule has 1 saturated heterocycles. The fourth-order valence-corrected chi connectivity index (χ4v) is 5.50. The summed E-state index contributed by atoms with van der Waals surface area (Å²) in [6.07, 6.45) is 1.93. The van der Waals surface area contributed by atoms with Crippen molar-refractivity contribution < 1.29 is 14.4 Å². The Morgan fingerprint density at radius 3 is 2.02 bits per heavy atom. The molecule has 4 rings (SSSR count). The van der Waals surface area contributed by atoms with Gasteiger partial charge in [0.1, 0.15) is 6.04 Å². The number of tetrazole rings is 1. The van der Waals surface area contributed by atoms with Crippen molar-refractivity contribution in [3.8, 4) is 6.07 Å². The zero-order chi connectivity index (χ0) is 30.4. The van der Waals surface area contributed by atoms with Gasteiger partial charge in [-0.05, 0) is 61.6 Å². The van der Waals surface area contributed by atoms with Crippen LogP contribution >= 0.6 is 0 Å². The molecule has 1 unspecified atom stereocenters. The molecule has 42 heavy (non-hydrogen) atoms. The Kier molecular flexibility index (Phi) is 9.32. The molecule has 2 heterocycles. The maximum absolute atomic E-state index is 13.0. The summed E-state index contributed by atoms with van der Waals surface area (Å²) in [6, 6.07) is 16.2. The molecule has 220 valence electrons. The number of carbonyl (C=O) groups is 3. The van der Waals surface area contributed by atoms with Crippen molar-refractivity contribution in [3.63, 3.8) is 0 Å². The van der Waals surface area contributed by atoms with Gasteiger partial charge in [-0.2, -0.15) is 10.5 Å². The highest BCUT2D eigenvalue weighted by Crippen LogP contribution is 2.41. The van der Waals surface area contributed by atoms with E-state index in [1.807, 2.05) is 31.2 Å². The topological polar surface area (TPSA) is 151 Å². The number of aromatic nitrogens is 4. The van der Waals surface area contributed by atoms with Gasteiger partial charge in [0.05, 0.1) is 18.0 Å². The number of benzene rings is 2. The Labute approximate surface area is 245 Å². The molecule has 12 heteroatoms. The van der Waals surface area contributed by atoms with E-state index in [2.05, 4.69) is 32.0 Å². The summed E-state index contributed by atoms with van der Waals surface area (Å²) < 4.78 is 0. The first-order valence-corrected chi connectivity index (χ1v) is 13.9. The van der Waals surface area contributed by atoms with Crippen molar-refractivity contribution in [3.05, 3.63) is 76.6 Å². The number of likely N-dealkylation sites (tertiary alicyclic amines) is 1. The van der Waals surface area contributed by atoms with Crippen LogP contribution in [0.1, 0.15) is 63.9 Å². The van der Waals surface area contributed by atoms with E-state index < -0.39 is 5.41 Å². The highest BCUT2D eigenvalue weighted by atomic mass is 16.2. The summed E-state index contributed by atoms with van der Waals surface area (Å²) >= 11 is 0. The van der Waals surface area contributed by atoms with Crippen LogP contribution in [-0.4, -0.2) is 106 Å². The summed E-state index contributed by atoms with van der Waals surface area (Å²) in [7, 11) is 6.80. The molecule has 1 fully saturated rings. The molecular formula is C30H37N9O3. The lowest BCUT2D eigenvalue weighted by Crippen LogP contribution is -2.45. The Hall–Kier alpha value is -4.63. The van der Waals surface area contributed by atoms with Crippen LogP contribution < -0.4 is 5.32 Å². The van der Waals surface area contributed by atoms with E-state index in [0.29, 0.717) is 36.3 Å². The predicted molar refractivity (Wildman–Crippen MR) is 155 cm³/mol. The second kappa shape index (κ2) is 12.9. The predicted octanol–water partition coefficient (Wildman–Crippen LogP) is 1.82. The lowest BCUT2D eigenvalue weighted by atomic mass is 9.69. The van der Waals surface area contributed by atoms with Gasteiger partial charge in [-0.1, -0.05) is 29.5 Å². The Morgan fingerprint density at radius 1 is 1.02 bits per heavy atom. The smallest absolute Gasteiger partial charge is 0.253 e. The van der Waals surface area contributed by atoms with E-state index in [1.165, 1.54) is 9.80 Å². The zero-order valence-electron chi connectivity index (χ0n) is 24.7. The number of nitriles is 1. The minimum absolute atomic E-state index is 0.0776. The number of aromatic amines is 1. The van der Waals surface area contributed by atoms with Crippen LogP contribution in [0.4, 0.5) is 0 Å². The van der Waals surface area contributed by atoms with E-state index >= 15 is 0 Å². The molecule has 1 aliphatic heterocycles. The highest BCUT2D eigenvalue weighted by molar-refractivity contribution is 5.94. The molecule has 2 atom stereocenters. The number of nitrogens with zero attached hydrogens (tertiary/aromatic N) is 7. The molecule has 2 N–H and O–H groups in total. The number of hydrogen-bond donors (Lipinski definition) is 2. The zero-order valence-corrected chi connectivity index (χ0v) is 24.7. The fraction of sp³-hybridized carbons (Fsp3) is 0.433. The van der Waals surface area contributed by atoms with Gasteiger partial charge in [0, 0.05) is 51.9 Å². The number of amides is 3. The quantitative estimate of drug-likeness (QED) is 0.374. The van der Waals surface area contributed by atoms with Gasteiger partial charge >= 0.3 is 0 Å². The third kappa shape index (κ3) is 6.16. The second-order valence-corrected chi connectivity index (χ2v) is 11.1. The van der Waals surface area contributed by atoms with E-state index in [4.69, 9.17) is 0 Å². The normalized spacial score (nSPS) is 15.6. The molecule has 1 aliphatic rings. The molecule has 0 bridgehead atoms. The van der Waals surface area contributed by atoms with Gasteiger partial charge in [-0.15, -0.1) is 10.2 Å². The van der Waals surface area contributed by atoms with E-state index in [0.717, 1.165) is 17.5 Å². The molecule has 12 nitrogen and oxygen atoms in total. The third-order valence-corrected chi connectivity index (χ3v) is 7.73. The standard InChI is InChI=1S/C30H37N9O3/c1-20(32-19-26(40)39-16-6-7-25(39)18-31)17-30(29-33-35-36-34-29,23-12-8-21(9-13-23)27(41)37(2)3)24-14-10-22(11-15-24)28(42)38(4)5/h8-15,20,25,32H,6-7,16-17,19H2,1-5H3,(H,33,34,35,36)/t20-,25?/m1/s1. The van der Waals surface area contributed by atoms with Crippen LogP contribution in [0.15, 0.2) is 48.5 Å². The van der Waals surface area contributed by atoms with Crippen molar-refractivity contribution >= 4 is 17.7 Å². The van der Waals surface area contributed by atoms with Crippen LogP contribution in [0.25, 0.3) is 0 Å². The fourth-order valence-electron chi connectivity index (χ4n) is 5.50. The Bertz CT molecular complexity index is 1360. The summed E-state index contributed by atoms with van der Waals surface area (Å²) in [6.45, 7) is 2.63. The van der Waals surface area contributed by atoms with Gasteiger partial charge < -0.3 is 20.0 Å². The summed E-state index contributed by atoms with van der Waals surface area (Å²) in [5.74, 6) is 0.0490. The van der Waals surface area contributed by atoms with Crippen molar-refractivity contribution in [1.82, 2.24) is 40.6 Å². The molecule has 0 aliphatic carbocycles. The highest BCUT2D eigenvalue weighted by Gasteiger charge is 2.42. The first kappa shape index (κ1) is 30.3. The molecule has 1 aromatic heterocycles. The average Bonchev–Trinajstić information content (AvgIpc) is 3.71. The summed E-state index contributed by atoms with van der Waals surface area (Å²) in [5, 5.41) is 28.0. The van der Waals surface area contributed by atoms with Crippen LogP contribution in [0.3, 0.4) is 0 Å². The average molecular weight is 572 g/mol. The summed E-state index contributed by atoms with van der Waals surface area (Å²) in [4.78, 5) is 42.9. The molecule has 3 amide bonds. The van der Waals surface area contributed by atoms with Gasteiger partial charge in [-0.3, -0.25) is 14.4 Å². The minimum atomic E-state index is -0.954. The van der Waals surface area contributed by atoms with Crippen LogP contribution in [0.2, 0.25) is 0 Å². The van der Waals surface area contributed by atoms with Gasteiger partial charge in [0.25, 0.3) is 11.8 Å². The molecule has 3 aromatic rings. The van der Waals surface area contributed by atoms with Crippen LogP contribution in [0.5, 0.6) is 0 Å². The van der Waals surface area contributed by atoms with Gasteiger partial charge in [0.15, 0.2) is 5.82 Å². The number of hydrogen-bond acceptors (Lipinski definition) is 8. The van der Waals surface area contributed by atoms with Crippen molar-refractivity contribution in [2.24, 2.45) is 0 Å². The third-order valence-electron chi connectivity index (χ3n) is 7.73. The van der Waals surface area contributed by atoms with Crippen molar-refractivity contribution in [2.45, 2.75) is 43.7 Å². The lowest BCUT2D eigenvalue weighted by molar-refractivity contribution is -0.130. The van der Waals surface area contributed by atoms with E-state index in [1.54, 1.807) is 57.4 Å². The van der Waals surface area contributed by atoms with Crippen LogP contribution in [-0.2, 0) is 10.2 Å². The summed E-state index contributed by atoms with van der Waals surface area (Å²) in [5.41, 5.74) is 1.74. The van der Waals surface area contributed by atoms with Crippen molar-refractivity contribution in [1.29, 1.82) is 5.26 Å². The SMILES string of the molecule is C[C@H](CC(c1ccc(C(=O)N(C)C)cc1)(c1ccc(C(=O)N(C)C)cc1)c1nn[nH]n1)NCC(=O)N1CCCC1C#N. The molecule has 0 saturated carbocycles. The maximum atomic E-state index is 13.0. The lowest BCUT2D eigenvalue weighted by Gasteiger charge is -2.35.